The van der Waals surface area contributed by atoms with Crippen molar-refractivity contribution in [3.63, 3.8) is 0 Å². The van der Waals surface area contributed by atoms with Crippen LogP contribution in [0.15, 0.2) is 66.2 Å². The van der Waals surface area contributed by atoms with E-state index < -0.39 is 9.84 Å². The molecule has 0 aliphatic rings. The number of rotatable bonds is 7. The highest BCUT2D eigenvalue weighted by molar-refractivity contribution is 7.90. The minimum Gasteiger partial charge on any atom is -0.369 e. The van der Waals surface area contributed by atoms with Crippen LogP contribution in [0.5, 0.6) is 0 Å². The molecule has 35 heavy (non-hydrogen) atoms. The van der Waals surface area contributed by atoms with Gasteiger partial charge in [-0.3, -0.25) is 9.78 Å². The molecule has 2 N–H and O–H groups in total. The number of anilines is 1. The molecule has 0 radical (unpaired) electrons. The zero-order valence-electron chi connectivity index (χ0n) is 19.5. The average Bonchev–Trinajstić information content (AvgIpc) is 2.85. The van der Waals surface area contributed by atoms with E-state index in [1.54, 1.807) is 31.4 Å². The number of para-hydroxylation sites is 1. The molecule has 3 aromatic heterocycles. The predicted molar refractivity (Wildman–Crippen MR) is 141 cm³/mol. The second-order valence-electron chi connectivity index (χ2n) is 7.91. The summed E-state index contributed by atoms with van der Waals surface area (Å²) in [5.74, 6) is 0.552. The van der Waals surface area contributed by atoms with Gasteiger partial charge in [0.25, 0.3) is 5.91 Å². The first-order valence-corrected chi connectivity index (χ1v) is 12.5. The van der Waals surface area contributed by atoms with Gasteiger partial charge in [0.2, 0.25) is 0 Å². The minimum absolute atomic E-state index is 0. The number of hydrogen-bond acceptors (Lipinski definition) is 8. The van der Waals surface area contributed by atoms with Crippen LogP contribution in [-0.4, -0.2) is 54.1 Å². The Labute approximate surface area is 210 Å². The Bertz CT molecular complexity index is 1460. The van der Waals surface area contributed by atoms with E-state index in [9.17, 15) is 13.2 Å². The maximum Gasteiger partial charge on any atom is 0.251 e. The molecule has 3 heterocycles. The van der Waals surface area contributed by atoms with E-state index in [2.05, 4.69) is 37.5 Å². The summed E-state index contributed by atoms with van der Waals surface area (Å²) < 4.78 is 23.3. The quantitative estimate of drug-likeness (QED) is 0.388. The summed E-state index contributed by atoms with van der Waals surface area (Å²) in [7, 11) is -1.75. The Morgan fingerprint density at radius 2 is 1.86 bits per heavy atom. The van der Waals surface area contributed by atoms with Gasteiger partial charge in [-0.1, -0.05) is 25.1 Å². The van der Waals surface area contributed by atoms with Crippen LogP contribution >= 0.6 is 13.5 Å². The molecule has 4 rings (SSSR count). The summed E-state index contributed by atoms with van der Waals surface area (Å²) in [6.07, 6.45) is 5.70. The molecule has 4 aromatic rings. The molecule has 9 nitrogen and oxygen atoms in total. The topological polar surface area (TPSA) is 127 Å². The van der Waals surface area contributed by atoms with Crippen molar-refractivity contribution in [1.82, 2.24) is 25.3 Å². The van der Waals surface area contributed by atoms with Crippen molar-refractivity contribution < 1.29 is 13.2 Å². The molecule has 0 aliphatic heterocycles. The van der Waals surface area contributed by atoms with Gasteiger partial charge in [0.15, 0.2) is 14.9 Å². The Balaban J connectivity index is 0.00000342. The van der Waals surface area contributed by atoms with Gasteiger partial charge in [-0.25, -0.2) is 23.4 Å². The van der Waals surface area contributed by atoms with Crippen LogP contribution in [-0.2, 0) is 9.84 Å². The molecule has 0 bridgehead atoms. The molecule has 0 fully saturated rings. The van der Waals surface area contributed by atoms with E-state index in [4.69, 9.17) is 0 Å². The molecule has 0 saturated carbocycles. The third-order valence-corrected chi connectivity index (χ3v) is 6.47. The summed E-state index contributed by atoms with van der Waals surface area (Å²) in [6, 6.07) is 12.5. The number of sulfone groups is 1. The first kappa shape index (κ1) is 26.0. The molecule has 1 aromatic carbocycles. The second kappa shape index (κ2) is 10.8. The van der Waals surface area contributed by atoms with Crippen molar-refractivity contribution in [2.24, 2.45) is 0 Å². The van der Waals surface area contributed by atoms with Crippen molar-refractivity contribution in [3.05, 3.63) is 72.3 Å². The van der Waals surface area contributed by atoms with Crippen LogP contribution < -0.4 is 10.6 Å². The number of hydrogen-bond donors (Lipinski definition) is 2. The molecule has 11 heteroatoms. The fourth-order valence-corrected chi connectivity index (χ4v) is 4.22. The van der Waals surface area contributed by atoms with Crippen LogP contribution in [0.2, 0.25) is 0 Å². The molecule has 0 saturated heterocycles. The Morgan fingerprint density at radius 1 is 1.06 bits per heavy atom. The van der Waals surface area contributed by atoms with Crippen LogP contribution in [0.4, 0.5) is 5.82 Å². The van der Waals surface area contributed by atoms with Gasteiger partial charge in [-0.2, -0.15) is 13.5 Å². The van der Waals surface area contributed by atoms with Crippen molar-refractivity contribution in [2.45, 2.75) is 17.9 Å². The van der Waals surface area contributed by atoms with Gasteiger partial charge in [-0.05, 0) is 23.8 Å². The molecular formula is C24H26N6O3S2. The third-order valence-electron chi connectivity index (χ3n) is 5.47. The van der Waals surface area contributed by atoms with Crippen LogP contribution in [0, 0.1) is 0 Å². The third kappa shape index (κ3) is 5.75. The van der Waals surface area contributed by atoms with E-state index in [-0.39, 0.29) is 30.3 Å². The van der Waals surface area contributed by atoms with E-state index >= 15 is 0 Å². The van der Waals surface area contributed by atoms with E-state index in [0.29, 0.717) is 29.2 Å². The molecule has 1 atom stereocenters. The second-order valence-corrected chi connectivity index (χ2v) is 9.87. The predicted octanol–water partition coefficient (Wildman–Crippen LogP) is 3.18. The van der Waals surface area contributed by atoms with Gasteiger partial charge < -0.3 is 10.6 Å². The van der Waals surface area contributed by atoms with Crippen LogP contribution in [0.25, 0.3) is 22.2 Å². The number of carbonyl (C=O) groups is 1. The van der Waals surface area contributed by atoms with Crippen molar-refractivity contribution in [1.29, 1.82) is 0 Å². The molecule has 1 amide bonds. The van der Waals surface area contributed by atoms with Crippen LogP contribution in [0.1, 0.15) is 28.8 Å². The smallest absolute Gasteiger partial charge is 0.251 e. The summed E-state index contributed by atoms with van der Waals surface area (Å²) in [5.41, 5.74) is 3.71. The van der Waals surface area contributed by atoms with Crippen molar-refractivity contribution in [3.8, 4) is 11.3 Å². The Kier molecular flexibility index (Phi) is 8.03. The summed E-state index contributed by atoms with van der Waals surface area (Å²) in [6.45, 7) is 2.65. The van der Waals surface area contributed by atoms with Crippen molar-refractivity contribution >= 4 is 46.0 Å². The van der Waals surface area contributed by atoms with Gasteiger partial charge in [0.05, 0.1) is 16.8 Å². The summed E-state index contributed by atoms with van der Waals surface area (Å²) in [5, 5.41) is 6.82. The highest BCUT2D eigenvalue weighted by Crippen LogP contribution is 2.27. The zero-order valence-corrected chi connectivity index (χ0v) is 21.3. The van der Waals surface area contributed by atoms with E-state index in [0.717, 1.165) is 22.7 Å². The summed E-state index contributed by atoms with van der Waals surface area (Å²) >= 11 is 0. The average molecular weight is 511 g/mol. The number of benzene rings is 1. The number of pyridine rings is 2. The number of nitrogens with one attached hydrogen (secondary N) is 2. The normalized spacial score (nSPS) is 12.0. The Hall–Kier alpha value is -3.57. The molecule has 0 spiro atoms. The number of aromatic nitrogens is 4. The first-order valence-electron chi connectivity index (χ1n) is 10.6. The lowest BCUT2D eigenvalue weighted by Gasteiger charge is -2.16. The van der Waals surface area contributed by atoms with Gasteiger partial charge >= 0.3 is 0 Å². The highest BCUT2D eigenvalue weighted by Gasteiger charge is 2.15. The maximum absolute atomic E-state index is 12.2. The number of fused-ring (bicyclic) bond motifs is 1. The molecule has 0 aliphatic carbocycles. The van der Waals surface area contributed by atoms with Crippen molar-refractivity contribution in [2.75, 3.05) is 25.2 Å². The molecule has 0 unspecified atom stereocenters. The number of amides is 1. The first-order chi connectivity index (χ1) is 16.3. The van der Waals surface area contributed by atoms with Gasteiger partial charge in [0, 0.05) is 55.2 Å². The minimum atomic E-state index is -3.36. The fourth-order valence-electron chi connectivity index (χ4n) is 3.66. The largest absolute Gasteiger partial charge is 0.369 e. The number of carbonyl (C=O) groups excluding carboxylic acids is 1. The van der Waals surface area contributed by atoms with E-state index in [1.807, 2.05) is 18.2 Å². The molecule has 182 valence electrons. The van der Waals surface area contributed by atoms with Gasteiger partial charge in [-0.15, -0.1) is 0 Å². The lowest BCUT2D eigenvalue weighted by molar-refractivity contribution is 0.0964. The van der Waals surface area contributed by atoms with E-state index in [1.165, 1.54) is 18.6 Å². The zero-order chi connectivity index (χ0) is 24.3. The highest BCUT2D eigenvalue weighted by atomic mass is 32.2. The lowest BCUT2D eigenvalue weighted by atomic mass is 9.96. The summed E-state index contributed by atoms with van der Waals surface area (Å²) in [4.78, 5) is 29.4. The van der Waals surface area contributed by atoms with Gasteiger partial charge in [0.1, 0.15) is 12.1 Å². The standard InChI is InChI=1S/C24H24N6O3S.H2S/c1-15(17-5-4-6-18-19(24(31)25-2)9-10-26-23(17)18)12-27-21-11-20(29-14-30-21)16-7-8-22(28-13-16)34(3,32)33;/h4-11,13-15H,12H2,1-3H3,(H,25,31)(H,27,29,30);1H2/t15-;/m1./s1. The lowest BCUT2D eigenvalue weighted by Crippen LogP contribution is -2.18. The SMILES string of the molecule is CNC(=O)c1ccnc2c([C@H](C)CNc3cc(-c4ccc(S(C)(=O)=O)nc4)ncn3)cccc12.S. The maximum atomic E-state index is 12.2. The molecular weight excluding hydrogens is 484 g/mol. The monoisotopic (exact) mass is 510 g/mol. The van der Waals surface area contributed by atoms with Crippen LogP contribution in [0.3, 0.4) is 0 Å². The fraction of sp³-hybridized carbons (Fsp3) is 0.208. The Morgan fingerprint density at radius 3 is 2.54 bits per heavy atom. The number of nitrogens with zero attached hydrogens (tertiary/aromatic N) is 4.